The van der Waals surface area contributed by atoms with Gasteiger partial charge in [0.2, 0.25) is 5.91 Å². The molecule has 0 saturated carbocycles. The normalized spacial score (nSPS) is 10.1. The number of carbonyl (C=O) groups excluding carboxylic acids is 1. The maximum Gasteiger partial charge on any atom is 0.272 e. The zero-order valence-corrected chi connectivity index (χ0v) is 9.23. The summed E-state index contributed by atoms with van der Waals surface area (Å²) in [4.78, 5) is 27.3. The molecule has 0 bridgehead atoms. The lowest BCUT2D eigenvalue weighted by molar-refractivity contribution is -0.127. The van der Waals surface area contributed by atoms with Crippen molar-refractivity contribution in [1.82, 2.24) is 14.5 Å². The summed E-state index contributed by atoms with van der Waals surface area (Å²) in [6, 6.07) is 1.42. The van der Waals surface area contributed by atoms with Gasteiger partial charge >= 0.3 is 0 Å². The standard InChI is InChI=1S/C10H15N3O2/c1-8-11-10(15)4-5-13(8)7-6-12(3)9(2)14/h4-5H,6-7H2,1-3H3. The van der Waals surface area contributed by atoms with E-state index in [0.717, 1.165) is 0 Å². The summed E-state index contributed by atoms with van der Waals surface area (Å²) in [7, 11) is 1.74. The number of aryl methyl sites for hydroxylation is 1. The molecule has 0 saturated heterocycles. The zero-order valence-electron chi connectivity index (χ0n) is 9.23. The number of carbonyl (C=O) groups is 1. The smallest absolute Gasteiger partial charge is 0.272 e. The van der Waals surface area contributed by atoms with Crippen molar-refractivity contribution in [2.45, 2.75) is 20.4 Å². The van der Waals surface area contributed by atoms with Crippen molar-refractivity contribution < 1.29 is 4.79 Å². The van der Waals surface area contributed by atoms with E-state index in [0.29, 0.717) is 18.9 Å². The summed E-state index contributed by atoms with van der Waals surface area (Å²) in [5.41, 5.74) is -0.233. The molecule has 1 aromatic rings. The second kappa shape index (κ2) is 4.72. The van der Waals surface area contributed by atoms with Gasteiger partial charge in [0.1, 0.15) is 5.82 Å². The van der Waals surface area contributed by atoms with Gasteiger partial charge in [-0.15, -0.1) is 0 Å². The van der Waals surface area contributed by atoms with Gasteiger partial charge < -0.3 is 9.47 Å². The van der Waals surface area contributed by atoms with Crippen LogP contribution in [0, 0.1) is 6.92 Å². The van der Waals surface area contributed by atoms with Crippen molar-refractivity contribution in [1.29, 1.82) is 0 Å². The van der Waals surface area contributed by atoms with Crippen LogP contribution in [0.3, 0.4) is 0 Å². The van der Waals surface area contributed by atoms with Crippen molar-refractivity contribution in [3.05, 3.63) is 28.4 Å². The fourth-order valence-corrected chi connectivity index (χ4v) is 1.17. The maximum atomic E-state index is 11.0. The highest BCUT2D eigenvalue weighted by Gasteiger charge is 2.02. The van der Waals surface area contributed by atoms with Crippen LogP contribution < -0.4 is 5.56 Å². The van der Waals surface area contributed by atoms with Gasteiger partial charge in [0.25, 0.3) is 5.56 Å². The van der Waals surface area contributed by atoms with Crippen LogP contribution in [0.2, 0.25) is 0 Å². The summed E-state index contributed by atoms with van der Waals surface area (Å²) in [6.45, 7) is 4.56. The van der Waals surface area contributed by atoms with E-state index in [1.54, 1.807) is 25.1 Å². The van der Waals surface area contributed by atoms with Crippen LogP contribution in [0.4, 0.5) is 0 Å². The molecule has 0 aromatic carbocycles. The zero-order chi connectivity index (χ0) is 11.4. The van der Waals surface area contributed by atoms with E-state index in [1.165, 1.54) is 13.0 Å². The first-order chi connectivity index (χ1) is 7.00. The van der Waals surface area contributed by atoms with Crippen molar-refractivity contribution >= 4 is 5.91 Å². The molecular formula is C10H15N3O2. The SMILES string of the molecule is CC(=O)N(C)CCn1ccc(=O)nc1C. The second-order valence-electron chi connectivity index (χ2n) is 3.45. The molecule has 0 aliphatic heterocycles. The van der Waals surface area contributed by atoms with Crippen LogP contribution in [0.15, 0.2) is 17.1 Å². The Kier molecular flexibility index (Phi) is 3.60. The number of rotatable bonds is 3. The molecule has 0 atom stereocenters. The number of aromatic nitrogens is 2. The predicted molar refractivity (Wildman–Crippen MR) is 56.5 cm³/mol. The molecule has 5 heteroatoms. The molecule has 1 amide bonds. The molecule has 5 nitrogen and oxygen atoms in total. The van der Waals surface area contributed by atoms with Crippen molar-refractivity contribution in [2.24, 2.45) is 0 Å². The summed E-state index contributed by atoms with van der Waals surface area (Å²) in [5, 5.41) is 0. The van der Waals surface area contributed by atoms with Gasteiger partial charge in [-0.25, -0.2) is 0 Å². The first-order valence-corrected chi connectivity index (χ1v) is 4.76. The topological polar surface area (TPSA) is 55.2 Å². The number of nitrogens with zero attached hydrogens (tertiary/aromatic N) is 3. The Bertz CT molecular complexity index is 411. The molecule has 1 aromatic heterocycles. The molecule has 0 spiro atoms. The monoisotopic (exact) mass is 209 g/mol. The number of hydrogen-bond donors (Lipinski definition) is 0. The first-order valence-electron chi connectivity index (χ1n) is 4.76. The molecule has 1 heterocycles. The minimum absolute atomic E-state index is 0.0293. The molecule has 0 aliphatic rings. The summed E-state index contributed by atoms with van der Waals surface area (Å²) in [5.74, 6) is 0.695. The average molecular weight is 209 g/mol. The van der Waals surface area contributed by atoms with E-state index >= 15 is 0 Å². The average Bonchev–Trinajstić information content (AvgIpc) is 2.15. The van der Waals surface area contributed by atoms with Crippen molar-refractivity contribution in [2.75, 3.05) is 13.6 Å². The highest BCUT2D eigenvalue weighted by atomic mass is 16.2. The van der Waals surface area contributed by atoms with E-state index in [1.807, 2.05) is 4.57 Å². The molecule has 0 fully saturated rings. The van der Waals surface area contributed by atoms with Crippen LogP contribution >= 0.6 is 0 Å². The van der Waals surface area contributed by atoms with Gasteiger partial charge in [0, 0.05) is 39.3 Å². The molecule has 1 rings (SSSR count). The van der Waals surface area contributed by atoms with E-state index in [4.69, 9.17) is 0 Å². The minimum atomic E-state index is -0.233. The van der Waals surface area contributed by atoms with Gasteiger partial charge in [-0.1, -0.05) is 0 Å². The third-order valence-electron chi connectivity index (χ3n) is 2.30. The molecular weight excluding hydrogens is 194 g/mol. The number of likely N-dealkylation sites (N-methyl/N-ethyl adjacent to an activating group) is 1. The van der Waals surface area contributed by atoms with Gasteiger partial charge in [-0.05, 0) is 6.92 Å². The lowest BCUT2D eigenvalue weighted by atomic mass is 10.4. The second-order valence-corrected chi connectivity index (χ2v) is 3.45. The van der Waals surface area contributed by atoms with Crippen LogP contribution in [0.25, 0.3) is 0 Å². The van der Waals surface area contributed by atoms with E-state index < -0.39 is 0 Å². The predicted octanol–water partition coefficient (Wildman–Crippen LogP) is 0.0300. The Morgan fingerprint density at radius 1 is 1.60 bits per heavy atom. The Balaban J connectivity index is 2.66. The minimum Gasteiger partial charge on any atom is -0.344 e. The lowest BCUT2D eigenvalue weighted by Crippen LogP contribution is -2.28. The third-order valence-corrected chi connectivity index (χ3v) is 2.30. The van der Waals surface area contributed by atoms with Crippen molar-refractivity contribution in [3.8, 4) is 0 Å². The van der Waals surface area contributed by atoms with E-state index in [9.17, 15) is 9.59 Å². The molecule has 82 valence electrons. The van der Waals surface area contributed by atoms with Gasteiger partial charge in [-0.2, -0.15) is 4.98 Å². The van der Waals surface area contributed by atoms with Crippen LogP contribution in [-0.4, -0.2) is 34.0 Å². The van der Waals surface area contributed by atoms with Gasteiger partial charge in [0.05, 0.1) is 0 Å². The molecule has 15 heavy (non-hydrogen) atoms. The van der Waals surface area contributed by atoms with Crippen LogP contribution in [-0.2, 0) is 11.3 Å². The highest BCUT2D eigenvalue weighted by molar-refractivity contribution is 5.72. The van der Waals surface area contributed by atoms with Gasteiger partial charge in [0.15, 0.2) is 0 Å². The van der Waals surface area contributed by atoms with E-state index in [-0.39, 0.29) is 11.5 Å². The first kappa shape index (κ1) is 11.4. The Labute approximate surface area is 88.4 Å². The fourth-order valence-electron chi connectivity index (χ4n) is 1.17. The van der Waals surface area contributed by atoms with Crippen LogP contribution in [0.1, 0.15) is 12.7 Å². The van der Waals surface area contributed by atoms with Crippen molar-refractivity contribution in [3.63, 3.8) is 0 Å². The summed E-state index contributed by atoms with van der Waals surface area (Å²) in [6.07, 6.45) is 1.69. The molecule has 0 unspecified atom stereocenters. The Morgan fingerprint density at radius 2 is 2.27 bits per heavy atom. The lowest BCUT2D eigenvalue weighted by Gasteiger charge is -2.16. The van der Waals surface area contributed by atoms with Crippen LogP contribution in [0.5, 0.6) is 0 Å². The summed E-state index contributed by atoms with van der Waals surface area (Å²) < 4.78 is 1.85. The third kappa shape index (κ3) is 3.19. The van der Waals surface area contributed by atoms with Gasteiger partial charge in [-0.3, -0.25) is 9.59 Å². The number of hydrogen-bond acceptors (Lipinski definition) is 3. The fraction of sp³-hybridized carbons (Fsp3) is 0.500. The molecule has 0 radical (unpaired) electrons. The number of amides is 1. The maximum absolute atomic E-state index is 11.0. The quantitative estimate of drug-likeness (QED) is 0.705. The summed E-state index contributed by atoms with van der Waals surface area (Å²) >= 11 is 0. The molecule has 0 aliphatic carbocycles. The molecule has 0 N–H and O–H groups in total. The Morgan fingerprint density at radius 3 is 2.80 bits per heavy atom. The Hall–Kier alpha value is -1.65. The highest BCUT2D eigenvalue weighted by Crippen LogP contribution is 1.93. The van der Waals surface area contributed by atoms with E-state index in [2.05, 4.69) is 4.98 Å². The largest absolute Gasteiger partial charge is 0.344 e.